The third-order valence-electron chi connectivity index (χ3n) is 15.1. The average Bonchev–Trinajstić information content (AvgIpc) is 3.41. The molecule has 0 saturated heterocycles. The van der Waals surface area contributed by atoms with Crippen LogP contribution in [0.15, 0.2) is 48.5 Å². The fraction of sp³-hybridized carbons (Fsp3) is 0.750. The van der Waals surface area contributed by atoms with Gasteiger partial charge in [0.2, 0.25) is 0 Å². The Balaban J connectivity index is 1.11. The number of carbonyl (C=O) groups excluding carboxylic acids is 4. The van der Waals surface area contributed by atoms with Crippen molar-refractivity contribution in [2.24, 2.45) is 0 Å². The van der Waals surface area contributed by atoms with Gasteiger partial charge < -0.3 is 41.4 Å². The van der Waals surface area contributed by atoms with E-state index < -0.39 is 12.2 Å². The van der Waals surface area contributed by atoms with E-state index in [9.17, 15) is 19.2 Å². The van der Waals surface area contributed by atoms with Crippen molar-refractivity contribution in [3.8, 4) is 11.5 Å². The molecule has 432 valence electrons. The molecule has 12 heteroatoms. The summed E-state index contributed by atoms with van der Waals surface area (Å²) in [5.41, 5.74) is 2.42. The molecule has 0 bridgehead atoms. The van der Waals surface area contributed by atoms with Crippen LogP contribution in [0.25, 0.3) is 0 Å². The highest BCUT2D eigenvalue weighted by molar-refractivity contribution is 5.76. The van der Waals surface area contributed by atoms with Gasteiger partial charge in [-0.05, 0) is 99.6 Å². The molecule has 0 heterocycles. The number of carbonyl (C=O) groups is 4. The number of urea groups is 2. The number of hydrogen-bond acceptors (Lipinski definition) is 6. The third-order valence-corrected chi connectivity index (χ3v) is 15.1. The van der Waals surface area contributed by atoms with Crippen molar-refractivity contribution in [1.29, 1.82) is 0 Å². The molecular weight excluding hydrogens is 949 g/mol. The molecule has 2 aromatic rings. The van der Waals surface area contributed by atoms with Crippen molar-refractivity contribution in [3.63, 3.8) is 0 Å². The largest absolute Gasteiger partial charge is 0.412 e. The average molecular weight is 1060 g/mol. The molecule has 1 aliphatic rings. The Morgan fingerprint density at radius 3 is 1.00 bits per heavy atom. The van der Waals surface area contributed by atoms with E-state index in [1.165, 1.54) is 165 Å². The first-order valence-electron chi connectivity index (χ1n) is 31.5. The molecule has 1 aliphatic carbocycles. The quantitative estimate of drug-likeness (QED) is 0.0362. The van der Waals surface area contributed by atoms with E-state index in [1.54, 1.807) is 0 Å². The summed E-state index contributed by atoms with van der Waals surface area (Å²) in [7, 11) is 0. The maximum Gasteiger partial charge on any atom is 0.412 e. The smallest absolute Gasteiger partial charge is 0.410 e. The highest BCUT2D eigenvalue weighted by Crippen LogP contribution is 2.21. The molecule has 76 heavy (non-hydrogen) atoms. The van der Waals surface area contributed by atoms with Crippen LogP contribution in [0.3, 0.4) is 0 Å². The van der Waals surface area contributed by atoms with Gasteiger partial charge in [-0.3, -0.25) is 0 Å². The number of nitrogens with one attached hydrogen (secondary N) is 6. The Labute approximate surface area is 463 Å². The zero-order valence-corrected chi connectivity index (χ0v) is 48.3. The monoisotopic (exact) mass is 1060 g/mol. The highest BCUT2D eigenvalue weighted by Gasteiger charge is 2.27. The molecule has 0 radical (unpaired) electrons. The molecule has 0 spiro atoms. The van der Waals surface area contributed by atoms with Crippen molar-refractivity contribution in [1.82, 2.24) is 31.9 Å². The van der Waals surface area contributed by atoms with Crippen LogP contribution < -0.4 is 41.4 Å². The minimum Gasteiger partial charge on any atom is -0.410 e. The number of hydrogen-bond donors (Lipinski definition) is 6. The standard InChI is InChI=1S/C64H110N6O6/c1-3-5-7-9-11-13-15-17-19-21-23-25-31-41-55-43-39-45-57(53-55)75-63(73)67-51-37-29-27-35-49-65-61(71)69-59-47-33-34-48-60(59)70-62(72)66-50-36-28-30-38-52-68-64(74)76-58-46-40-44-56(54-58)42-32-26-24-22-20-18-16-14-12-10-8-6-4-2/h39-40,43-46,53-54,59-60H,3-38,41-42,47-52H2,1-2H3,(H,67,73)(H,68,74)(H2,65,69,71)(H2,66,70,72)/t59-,60-/m1/s1. The fourth-order valence-corrected chi connectivity index (χ4v) is 10.4. The predicted molar refractivity (Wildman–Crippen MR) is 316 cm³/mol. The van der Waals surface area contributed by atoms with E-state index in [0.29, 0.717) is 37.7 Å². The van der Waals surface area contributed by atoms with Crippen LogP contribution in [0.5, 0.6) is 11.5 Å². The lowest BCUT2D eigenvalue weighted by atomic mass is 9.90. The fourth-order valence-electron chi connectivity index (χ4n) is 10.4. The summed E-state index contributed by atoms with van der Waals surface area (Å²) in [6, 6.07) is 15.2. The topological polar surface area (TPSA) is 159 Å². The maximum atomic E-state index is 12.8. The van der Waals surface area contributed by atoms with E-state index >= 15 is 0 Å². The van der Waals surface area contributed by atoms with Crippen molar-refractivity contribution in [3.05, 3.63) is 59.7 Å². The summed E-state index contributed by atoms with van der Waals surface area (Å²) < 4.78 is 11.1. The van der Waals surface area contributed by atoms with Crippen molar-refractivity contribution in [2.75, 3.05) is 26.2 Å². The number of rotatable bonds is 46. The molecule has 1 fully saturated rings. The first-order chi connectivity index (χ1) is 37.4. The summed E-state index contributed by atoms with van der Waals surface area (Å²) in [6.07, 6.45) is 46.9. The van der Waals surface area contributed by atoms with E-state index in [0.717, 1.165) is 103 Å². The number of unbranched alkanes of at least 4 members (excludes halogenated alkanes) is 30. The normalized spacial score (nSPS) is 14.2. The van der Waals surface area contributed by atoms with Crippen molar-refractivity contribution < 1.29 is 28.7 Å². The first-order valence-corrected chi connectivity index (χ1v) is 31.5. The first kappa shape index (κ1) is 65.8. The Morgan fingerprint density at radius 1 is 0.382 bits per heavy atom. The molecule has 0 unspecified atom stereocenters. The van der Waals surface area contributed by atoms with Gasteiger partial charge in [0.1, 0.15) is 11.5 Å². The van der Waals surface area contributed by atoms with Crippen LogP contribution in [-0.4, -0.2) is 62.5 Å². The van der Waals surface area contributed by atoms with Crippen LogP contribution in [0.2, 0.25) is 0 Å². The van der Waals surface area contributed by atoms with Crippen LogP contribution >= 0.6 is 0 Å². The van der Waals surface area contributed by atoms with Gasteiger partial charge in [0, 0.05) is 26.2 Å². The van der Waals surface area contributed by atoms with Crippen molar-refractivity contribution >= 4 is 24.2 Å². The molecule has 12 nitrogen and oxygen atoms in total. The second-order valence-electron chi connectivity index (χ2n) is 22.0. The Hall–Kier alpha value is -4.48. The van der Waals surface area contributed by atoms with E-state index in [4.69, 9.17) is 9.47 Å². The van der Waals surface area contributed by atoms with Gasteiger partial charge in [-0.25, -0.2) is 19.2 Å². The zero-order chi connectivity index (χ0) is 54.2. The molecular formula is C64H110N6O6. The van der Waals surface area contributed by atoms with Gasteiger partial charge in [0.15, 0.2) is 0 Å². The number of aryl methyl sites for hydroxylation is 2. The van der Waals surface area contributed by atoms with E-state index in [-0.39, 0.29) is 24.1 Å². The second-order valence-corrected chi connectivity index (χ2v) is 22.0. The zero-order valence-electron chi connectivity index (χ0n) is 48.3. The maximum absolute atomic E-state index is 12.8. The third kappa shape index (κ3) is 36.5. The lowest BCUT2D eigenvalue weighted by molar-refractivity contribution is 0.199. The van der Waals surface area contributed by atoms with Gasteiger partial charge in [0.25, 0.3) is 0 Å². The van der Waals surface area contributed by atoms with Crippen LogP contribution in [-0.2, 0) is 12.8 Å². The molecule has 1 saturated carbocycles. The van der Waals surface area contributed by atoms with Crippen molar-refractivity contribution in [2.45, 2.75) is 283 Å². The van der Waals surface area contributed by atoms with Gasteiger partial charge in [-0.1, -0.05) is 231 Å². The van der Waals surface area contributed by atoms with E-state index in [2.05, 4.69) is 57.9 Å². The van der Waals surface area contributed by atoms with Crippen LogP contribution in [0.4, 0.5) is 19.2 Å². The summed E-state index contributed by atoms with van der Waals surface area (Å²) >= 11 is 0. The number of ether oxygens (including phenoxy) is 2. The molecule has 6 N–H and O–H groups in total. The Bertz CT molecular complexity index is 1640. The molecule has 2 atom stereocenters. The second kappa shape index (κ2) is 46.6. The summed E-state index contributed by atoms with van der Waals surface area (Å²) in [6.45, 7) is 6.77. The molecule has 2 aromatic carbocycles. The summed E-state index contributed by atoms with van der Waals surface area (Å²) in [4.78, 5) is 50.5. The lowest BCUT2D eigenvalue weighted by Gasteiger charge is -2.32. The minimum absolute atomic E-state index is 0.117. The summed E-state index contributed by atoms with van der Waals surface area (Å²) in [5.74, 6) is 1.17. The molecule has 0 aromatic heterocycles. The predicted octanol–water partition coefficient (Wildman–Crippen LogP) is 16.9. The SMILES string of the molecule is CCCCCCCCCCCCCCCc1cccc(OC(=O)NCCCCCCNC(=O)N[C@@H]2CCCC[C@H]2NC(=O)NCCCCCCNC(=O)Oc2cccc(CCCCCCCCCCCCCCC)c2)c1. The number of benzene rings is 2. The van der Waals surface area contributed by atoms with E-state index in [1.807, 2.05) is 36.4 Å². The van der Waals surface area contributed by atoms with Gasteiger partial charge >= 0.3 is 24.2 Å². The lowest BCUT2D eigenvalue weighted by Crippen LogP contribution is -2.56. The van der Waals surface area contributed by atoms with Crippen LogP contribution in [0, 0.1) is 0 Å². The molecule has 6 amide bonds. The summed E-state index contributed by atoms with van der Waals surface area (Å²) in [5, 5.41) is 17.9. The van der Waals surface area contributed by atoms with Gasteiger partial charge in [-0.2, -0.15) is 0 Å². The van der Waals surface area contributed by atoms with Gasteiger partial charge in [-0.15, -0.1) is 0 Å². The molecule has 3 rings (SSSR count). The number of amides is 6. The molecule has 0 aliphatic heterocycles. The van der Waals surface area contributed by atoms with Crippen LogP contribution in [0.1, 0.15) is 269 Å². The minimum atomic E-state index is -0.423. The highest BCUT2D eigenvalue weighted by atomic mass is 16.6. The van der Waals surface area contributed by atoms with Gasteiger partial charge in [0.05, 0.1) is 12.1 Å². The Kier molecular flexibility index (Phi) is 40.3. The Morgan fingerprint density at radius 2 is 0.671 bits per heavy atom.